The fourth-order valence-electron chi connectivity index (χ4n) is 2.46. The van der Waals surface area contributed by atoms with Gasteiger partial charge in [-0.05, 0) is 17.7 Å². The van der Waals surface area contributed by atoms with Crippen LogP contribution in [-0.4, -0.2) is 61.3 Å². The summed E-state index contributed by atoms with van der Waals surface area (Å²) in [6.07, 6.45) is -0.851. The lowest BCUT2D eigenvalue weighted by Crippen LogP contribution is -2.49. The molecule has 3 N–H and O–H groups in total. The number of nitrogen functional groups attached to an aromatic ring is 1. The Bertz CT molecular complexity index is 557. The quantitative estimate of drug-likeness (QED) is 0.587. The topological polar surface area (TPSA) is 86.9 Å². The number of hydrazine groups is 1. The van der Waals surface area contributed by atoms with Gasteiger partial charge in [-0.3, -0.25) is 0 Å². The molecule has 1 heterocycles. The zero-order valence-electron chi connectivity index (χ0n) is 11.7. The summed E-state index contributed by atoms with van der Waals surface area (Å²) >= 11 is 0. The van der Waals surface area contributed by atoms with Crippen molar-refractivity contribution in [3.8, 4) is 0 Å². The molecule has 6 nitrogen and oxygen atoms in total. The van der Waals surface area contributed by atoms with Crippen LogP contribution in [0.15, 0.2) is 24.3 Å². The molecule has 0 bridgehead atoms. The van der Waals surface area contributed by atoms with Gasteiger partial charge in [-0.1, -0.05) is 12.1 Å². The van der Waals surface area contributed by atoms with Crippen LogP contribution in [0.4, 0.5) is 5.69 Å². The predicted octanol–water partition coefficient (Wildman–Crippen LogP) is -0.295. The molecule has 0 amide bonds. The number of aliphatic hydroxyl groups excluding tert-OH is 1. The highest BCUT2D eigenvalue weighted by Gasteiger charge is 2.40. The van der Waals surface area contributed by atoms with Gasteiger partial charge in [-0.25, -0.2) is 18.4 Å². The average Bonchev–Trinajstić information content (AvgIpc) is 2.61. The van der Waals surface area contributed by atoms with Crippen LogP contribution in [0.25, 0.3) is 0 Å². The molecule has 2 rings (SSSR count). The largest absolute Gasteiger partial charge is 0.399 e. The first kappa shape index (κ1) is 15.2. The van der Waals surface area contributed by atoms with Gasteiger partial charge in [0.1, 0.15) is 0 Å². The Morgan fingerprint density at radius 1 is 1.25 bits per heavy atom. The van der Waals surface area contributed by atoms with E-state index in [1.165, 1.54) is 0 Å². The van der Waals surface area contributed by atoms with Crippen molar-refractivity contribution in [3.63, 3.8) is 0 Å². The van der Waals surface area contributed by atoms with Crippen LogP contribution >= 0.6 is 0 Å². The highest BCUT2D eigenvalue weighted by molar-refractivity contribution is 7.91. The van der Waals surface area contributed by atoms with Gasteiger partial charge in [0, 0.05) is 26.3 Å². The molecule has 1 saturated heterocycles. The van der Waals surface area contributed by atoms with E-state index in [0.717, 1.165) is 5.56 Å². The number of aliphatic hydroxyl groups is 1. The molecule has 0 unspecified atom stereocenters. The third-order valence-electron chi connectivity index (χ3n) is 3.51. The fraction of sp³-hybridized carbons (Fsp3) is 0.538. The summed E-state index contributed by atoms with van der Waals surface area (Å²) in [5.74, 6) is -0.176. The first-order valence-corrected chi connectivity index (χ1v) is 8.27. The summed E-state index contributed by atoms with van der Waals surface area (Å²) in [5.41, 5.74) is 7.36. The van der Waals surface area contributed by atoms with E-state index in [9.17, 15) is 13.5 Å². The van der Waals surface area contributed by atoms with Crippen molar-refractivity contribution in [2.24, 2.45) is 0 Å². The molecule has 7 heteroatoms. The lowest BCUT2D eigenvalue weighted by molar-refractivity contribution is -0.0558. The lowest BCUT2D eigenvalue weighted by Gasteiger charge is -2.35. The Kier molecular flexibility index (Phi) is 4.33. The second kappa shape index (κ2) is 5.69. The van der Waals surface area contributed by atoms with Gasteiger partial charge in [0.05, 0.1) is 23.7 Å². The molecule has 1 aromatic carbocycles. The maximum Gasteiger partial charge on any atom is 0.154 e. The van der Waals surface area contributed by atoms with E-state index in [4.69, 9.17) is 5.73 Å². The SMILES string of the molecule is CN(C)N(Cc1ccc(N)cc1)[C@@H]1CS(=O)(=O)C[C@H]1O. The maximum absolute atomic E-state index is 11.7. The van der Waals surface area contributed by atoms with Gasteiger partial charge in [0.25, 0.3) is 0 Å². The van der Waals surface area contributed by atoms with Gasteiger partial charge >= 0.3 is 0 Å². The predicted molar refractivity (Wildman–Crippen MR) is 78.5 cm³/mol. The Hall–Kier alpha value is -1.15. The van der Waals surface area contributed by atoms with E-state index in [1.807, 2.05) is 48.4 Å². The number of rotatable bonds is 4. The lowest BCUT2D eigenvalue weighted by atomic mass is 10.1. The monoisotopic (exact) mass is 299 g/mol. The molecule has 1 fully saturated rings. The van der Waals surface area contributed by atoms with E-state index < -0.39 is 22.0 Å². The van der Waals surface area contributed by atoms with E-state index in [2.05, 4.69) is 0 Å². The number of nitrogens with two attached hydrogens (primary N) is 1. The van der Waals surface area contributed by atoms with Crippen LogP contribution in [0.5, 0.6) is 0 Å². The Morgan fingerprint density at radius 2 is 1.85 bits per heavy atom. The van der Waals surface area contributed by atoms with Gasteiger partial charge in [0.15, 0.2) is 9.84 Å². The van der Waals surface area contributed by atoms with Gasteiger partial charge in [-0.2, -0.15) is 0 Å². The maximum atomic E-state index is 11.7. The summed E-state index contributed by atoms with van der Waals surface area (Å²) in [4.78, 5) is 0. The second-order valence-electron chi connectivity index (χ2n) is 5.40. The highest BCUT2D eigenvalue weighted by Crippen LogP contribution is 2.21. The van der Waals surface area contributed by atoms with Crippen LogP contribution in [0.3, 0.4) is 0 Å². The molecule has 0 saturated carbocycles. The Morgan fingerprint density at radius 3 is 2.30 bits per heavy atom. The van der Waals surface area contributed by atoms with Crippen LogP contribution in [0.1, 0.15) is 5.56 Å². The first-order chi connectivity index (χ1) is 9.28. The standard InChI is InChI=1S/C13H21N3O3S/c1-15(2)16(7-10-3-5-11(14)6-4-10)12-8-20(18,19)9-13(12)17/h3-6,12-13,17H,7-9,14H2,1-2H3/t12-,13-/m1/s1. The van der Waals surface area contributed by atoms with Crippen molar-refractivity contribution in [1.82, 2.24) is 10.0 Å². The number of sulfone groups is 1. The highest BCUT2D eigenvalue weighted by atomic mass is 32.2. The van der Waals surface area contributed by atoms with Crippen LogP contribution in [0.2, 0.25) is 0 Å². The number of hydrogen-bond acceptors (Lipinski definition) is 6. The van der Waals surface area contributed by atoms with Crippen molar-refractivity contribution in [2.45, 2.75) is 18.7 Å². The van der Waals surface area contributed by atoms with E-state index in [1.54, 1.807) is 0 Å². The third-order valence-corrected chi connectivity index (χ3v) is 5.21. The zero-order chi connectivity index (χ0) is 14.9. The smallest absolute Gasteiger partial charge is 0.154 e. The van der Waals surface area contributed by atoms with Crippen molar-refractivity contribution in [2.75, 3.05) is 31.3 Å². The van der Waals surface area contributed by atoms with E-state index in [-0.39, 0.29) is 11.5 Å². The first-order valence-electron chi connectivity index (χ1n) is 6.45. The Balaban J connectivity index is 2.17. The van der Waals surface area contributed by atoms with Crippen molar-refractivity contribution in [1.29, 1.82) is 0 Å². The third kappa shape index (κ3) is 3.49. The normalized spacial score (nSPS) is 25.4. The molecular formula is C13H21N3O3S. The summed E-state index contributed by atoms with van der Waals surface area (Å²) in [5, 5.41) is 13.7. The second-order valence-corrected chi connectivity index (χ2v) is 7.55. The minimum absolute atomic E-state index is 0.0126. The van der Waals surface area contributed by atoms with E-state index in [0.29, 0.717) is 12.2 Å². The molecule has 1 aliphatic rings. The van der Waals surface area contributed by atoms with E-state index >= 15 is 0 Å². The van der Waals surface area contributed by atoms with Gasteiger partial charge < -0.3 is 10.8 Å². The fourth-order valence-corrected chi connectivity index (χ4v) is 4.25. The summed E-state index contributed by atoms with van der Waals surface area (Å²) in [6, 6.07) is 7.02. The summed E-state index contributed by atoms with van der Waals surface area (Å²) in [6.45, 7) is 0.532. The minimum atomic E-state index is -3.16. The molecule has 0 radical (unpaired) electrons. The zero-order valence-corrected chi connectivity index (χ0v) is 12.5. The van der Waals surface area contributed by atoms with Crippen LogP contribution in [0, 0.1) is 0 Å². The summed E-state index contributed by atoms with van der Waals surface area (Å²) in [7, 11) is 0.524. The number of anilines is 1. The molecule has 0 aromatic heterocycles. The molecule has 20 heavy (non-hydrogen) atoms. The van der Waals surface area contributed by atoms with Crippen LogP contribution < -0.4 is 5.73 Å². The average molecular weight is 299 g/mol. The van der Waals surface area contributed by atoms with Crippen molar-refractivity contribution in [3.05, 3.63) is 29.8 Å². The van der Waals surface area contributed by atoms with Crippen molar-refractivity contribution >= 4 is 15.5 Å². The molecule has 2 atom stereocenters. The minimum Gasteiger partial charge on any atom is -0.399 e. The number of benzene rings is 1. The molecule has 112 valence electrons. The Labute approximate surface area is 119 Å². The number of nitrogens with zero attached hydrogens (tertiary/aromatic N) is 2. The van der Waals surface area contributed by atoms with Crippen molar-refractivity contribution < 1.29 is 13.5 Å². The van der Waals surface area contributed by atoms with Crippen LogP contribution in [-0.2, 0) is 16.4 Å². The molecule has 0 spiro atoms. The molecule has 1 aromatic rings. The molecule has 1 aliphatic heterocycles. The van der Waals surface area contributed by atoms with Gasteiger partial charge in [0.2, 0.25) is 0 Å². The number of hydrogen-bond donors (Lipinski definition) is 2. The van der Waals surface area contributed by atoms with Gasteiger partial charge in [-0.15, -0.1) is 0 Å². The molecule has 0 aliphatic carbocycles. The summed E-state index contributed by atoms with van der Waals surface area (Å²) < 4.78 is 23.3. The molecular weight excluding hydrogens is 278 g/mol.